The predicted octanol–water partition coefficient (Wildman–Crippen LogP) is 1.49. The van der Waals surface area contributed by atoms with Gasteiger partial charge in [-0.2, -0.15) is 0 Å². The van der Waals surface area contributed by atoms with Crippen LogP contribution in [0.15, 0.2) is 0 Å². The van der Waals surface area contributed by atoms with Gasteiger partial charge in [-0.05, 0) is 31.6 Å². The molecule has 0 spiro atoms. The van der Waals surface area contributed by atoms with E-state index in [0.717, 1.165) is 19.3 Å². The lowest BCUT2D eigenvalue weighted by Gasteiger charge is -2.20. The van der Waals surface area contributed by atoms with Crippen LogP contribution in [-0.4, -0.2) is 24.5 Å². The maximum atomic E-state index is 11.4. The van der Waals surface area contributed by atoms with Gasteiger partial charge in [-0.25, -0.2) is 4.79 Å². The molecule has 0 heterocycles. The highest BCUT2D eigenvalue weighted by molar-refractivity contribution is 6.32. The Labute approximate surface area is 96.7 Å². The smallest absolute Gasteiger partial charge is 0.396 e. The zero-order chi connectivity index (χ0) is 12.1. The van der Waals surface area contributed by atoms with E-state index in [1.165, 1.54) is 0 Å². The molecule has 0 radical (unpaired) electrons. The molecular weight excluding hydrogens is 206 g/mol. The fraction of sp³-hybridized carbons (Fsp3) is 0.833. The highest BCUT2D eigenvalue weighted by Gasteiger charge is 2.33. The minimum atomic E-state index is -0.769. The van der Waals surface area contributed by atoms with Crippen molar-refractivity contribution < 1.29 is 14.3 Å². The second kappa shape index (κ2) is 5.87. The number of carbonyl (C=O) groups excluding carboxylic acids is 2. The van der Waals surface area contributed by atoms with Crippen LogP contribution in [0.4, 0.5) is 0 Å². The second-order valence-electron chi connectivity index (χ2n) is 4.41. The van der Waals surface area contributed by atoms with E-state index in [2.05, 4.69) is 23.9 Å². The molecule has 16 heavy (non-hydrogen) atoms. The maximum absolute atomic E-state index is 11.4. The largest absolute Gasteiger partial charge is 0.459 e. The van der Waals surface area contributed by atoms with Crippen molar-refractivity contribution in [2.24, 2.45) is 11.8 Å². The predicted molar refractivity (Wildman–Crippen MR) is 60.7 cm³/mol. The number of hydrogen-bond acceptors (Lipinski definition) is 3. The fourth-order valence-corrected chi connectivity index (χ4v) is 2.45. The van der Waals surface area contributed by atoms with Crippen molar-refractivity contribution in [2.45, 2.75) is 46.1 Å². The molecule has 4 nitrogen and oxygen atoms in total. The minimum Gasteiger partial charge on any atom is -0.459 e. The van der Waals surface area contributed by atoms with Gasteiger partial charge in [-0.1, -0.05) is 20.3 Å². The first-order valence-electron chi connectivity index (χ1n) is 6.07. The third kappa shape index (κ3) is 2.97. The Morgan fingerprint density at radius 3 is 2.50 bits per heavy atom. The molecule has 0 aromatic carbocycles. The quantitative estimate of drug-likeness (QED) is 0.587. The van der Waals surface area contributed by atoms with Crippen LogP contribution in [0.2, 0.25) is 0 Å². The van der Waals surface area contributed by atoms with Crippen molar-refractivity contribution in [3.8, 4) is 0 Å². The topological polar surface area (TPSA) is 55.4 Å². The van der Waals surface area contributed by atoms with E-state index in [4.69, 9.17) is 0 Å². The summed E-state index contributed by atoms with van der Waals surface area (Å²) in [5, 5.41) is 2.76. The van der Waals surface area contributed by atoms with Crippen LogP contribution in [0.5, 0.6) is 0 Å². The van der Waals surface area contributed by atoms with Gasteiger partial charge >= 0.3 is 11.9 Å². The number of ether oxygens (including phenoxy) is 1. The summed E-state index contributed by atoms with van der Waals surface area (Å²) in [5.74, 6) is -0.263. The molecule has 0 aromatic heterocycles. The van der Waals surface area contributed by atoms with Crippen LogP contribution < -0.4 is 5.32 Å². The Morgan fingerprint density at radius 2 is 2.00 bits per heavy atom. The lowest BCUT2D eigenvalue weighted by atomic mass is 9.93. The first-order valence-corrected chi connectivity index (χ1v) is 6.07. The summed E-state index contributed by atoms with van der Waals surface area (Å²) in [6.45, 7) is 6.23. The molecule has 1 saturated carbocycles. The average Bonchev–Trinajstić information content (AvgIpc) is 2.60. The Kier molecular flexibility index (Phi) is 4.77. The van der Waals surface area contributed by atoms with Gasteiger partial charge in [0.15, 0.2) is 0 Å². The Hall–Kier alpha value is -1.06. The lowest BCUT2D eigenvalue weighted by Crippen LogP contribution is -2.42. The SMILES string of the molecule is CCOC(=O)C(=O)NC1CCC(CC)C1C. The number of nitrogens with one attached hydrogen (secondary N) is 1. The molecule has 0 bridgehead atoms. The van der Waals surface area contributed by atoms with Crippen LogP contribution in [-0.2, 0) is 14.3 Å². The molecule has 1 aliphatic rings. The summed E-state index contributed by atoms with van der Waals surface area (Å²) in [6.07, 6.45) is 3.23. The van der Waals surface area contributed by atoms with E-state index in [9.17, 15) is 9.59 Å². The van der Waals surface area contributed by atoms with E-state index in [0.29, 0.717) is 11.8 Å². The fourth-order valence-electron chi connectivity index (χ4n) is 2.45. The molecule has 0 saturated heterocycles. The third-order valence-corrected chi connectivity index (χ3v) is 3.53. The summed E-state index contributed by atoms with van der Waals surface area (Å²) in [5.41, 5.74) is 0. The summed E-state index contributed by atoms with van der Waals surface area (Å²) in [7, 11) is 0. The summed E-state index contributed by atoms with van der Waals surface area (Å²) in [4.78, 5) is 22.6. The Balaban J connectivity index is 2.43. The van der Waals surface area contributed by atoms with Crippen LogP contribution >= 0.6 is 0 Å². The number of carbonyl (C=O) groups is 2. The average molecular weight is 227 g/mol. The molecule has 1 amide bonds. The van der Waals surface area contributed by atoms with Crippen LogP contribution in [0.3, 0.4) is 0 Å². The molecule has 3 unspecified atom stereocenters. The number of hydrogen-bond donors (Lipinski definition) is 1. The van der Waals surface area contributed by atoms with Gasteiger partial charge in [0.2, 0.25) is 0 Å². The lowest BCUT2D eigenvalue weighted by molar-refractivity contribution is -0.155. The standard InChI is InChI=1S/C12H21NO3/c1-4-9-6-7-10(8(9)3)13-11(14)12(15)16-5-2/h8-10H,4-7H2,1-3H3,(H,13,14). The highest BCUT2D eigenvalue weighted by Crippen LogP contribution is 2.33. The monoisotopic (exact) mass is 227 g/mol. The number of esters is 1. The third-order valence-electron chi connectivity index (χ3n) is 3.53. The minimum absolute atomic E-state index is 0.127. The van der Waals surface area contributed by atoms with E-state index >= 15 is 0 Å². The first kappa shape index (κ1) is 13.0. The second-order valence-corrected chi connectivity index (χ2v) is 4.41. The van der Waals surface area contributed by atoms with Crippen LogP contribution in [0, 0.1) is 11.8 Å². The first-order chi connectivity index (χ1) is 7.60. The molecule has 1 fully saturated rings. The summed E-state index contributed by atoms with van der Waals surface area (Å²) >= 11 is 0. The molecule has 3 atom stereocenters. The van der Waals surface area contributed by atoms with E-state index in [1.54, 1.807) is 6.92 Å². The molecule has 4 heteroatoms. The van der Waals surface area contributed by atoms with E-state index in [-0.39, 0.29) is 12.6 Å². The van der Waals surface area contributed by atoms with Crippen LogP contribution in [0.1, 0.15) is 40.0 Å². The Morgan fingerprint density at radius 1 is 1.31 bits per heavy atom. The van der Waals surface area contributed by atoms with Gasteiger partial charge in [0.25, 0.3) is 0 Å². The zero-order valence-electron chi connectivity index (χ0n) is 10.3. The van der Waals surface area contributed by atoms with Crippen molar-refractivity contribution in [1.29, 1.82) is 0 Å². The molecular formula is C12H21NO3. The number of amides is 1. The summed E-state index contributed by atoms with van der Waals surface area (Å²) in [6, 6.07) is 0.127. The van der Waals surface area contributed by atoms with Crippen molar-refractivity contribution in [2.75, 3.05) is 6.61 Å². The van der Waals surface area contributed by atoms with E-state index in [1.807, 2.05) is 0 Å². The van der Waals surface area contributed by atoms with Gasteiger partial charge in [-0.15, -0.1) is 0 Å². The summed E-state index contributed by atoms with van der Waals surface area (Å²) < 4.78 is 4.65. The maximum Gasteiger partial charge on any atom is 0.396 e. The van der Waals surface area contributed by atoms with Crippen molar-refractivity contribution in [3.63, 3.8) is 0 Å². The van der Waals surface area contributed by atoms with Crippen LogP contribution in [0.25, 0.3) is 0 Å². The molecule has 92 valence electrons. The molecule has 0 aromatic rings. The van der Waals surface area contributed by atoms with Crippen molar-refractivity contribution in [1.82, 2.24) is 5.32 Å². The van der Waals surface area contributed by atoms with Crippen molar-refractivity contribution in [3.05, 3.63) is 0 Å². The highest BCUT2D eigenvalue weighted by atomic mass is 16.5. The van der Waals surface area contributed by atoms with Gasteiger partial charge in [0.1, 0.15) is 0 Å². The molecule has 1 rings (SSSR count). The van der Waals surface area contributed by atoms with Gasteiger partial charge in [0.05, 0.1) is 6.61 Å². The van der Waals surface area contributed by atoms with Crippen molar-refractivity contribution >= 4 is 11.9 Å². The molecule has 1 N–H and O–H groups in total. The zero-order valence-corrected chi connectivity index (χ0v) is 10.3. The number of rotatable bonds is 3. The van der Waals surface area contributed by atoms with E-state index < -0.39 is 11.9 Å². The normalized spacial score (nSPS) is 28.8. The van der Waals surface area contributed by atoms with Gasteiger partial charge in [0, 0.05) is 6.04 Å². The molecule has 0 aliphatic heterocycles. The molecule has 1 aliphatic carbocycles. The van der Waals surface area contributed by atoms with Gasteiger partial charge in [-0.3, -0.25) is 4.79 Å². The Bertz CT molecular complexity index is 265. The van der Waals surface area contributed by atoms with Gasteiger partial charge < -0.3 is 10.1 Å².